The predicted molar refractivity (Wildman–Crippen MR) is 60.3 cm³/mol. The molecule has 1 saturated carbocycles. The summed E-state index contributed by atoms with van der Waals surface area (Å²) in [4.78, 5) is 0. The van der Waals surface area contributed by atoms with Crippen LogP contribution >= 0.6 is 0 Å². The third-order valence-electron chi connectivity index (χ3n) is 3.68. The summed E-state index contributed by atoms with van der Waals surface area (Å²) in [6.45, 7) is 1.24. The van der Waals surface area contributed by atoms with Gasteiger partial charge in [-0.15, -0.1) is 0 Å². The molecule has 0 aromatic heterocycles. The molecular formula is C12H22O5. The average molecular weight is 246 g/mol. The van der Waals surface area contributed by atoms with Crippen LogP contribution in [0.2, 0.25) is 0 Å². The summed E-state index contributed by atoms with van der Waals surface area (Å²) in [5.41, 5.74) is 0. The Balaban J connectivity index is 2.10. The van der Waals surface area contributed by atoms with Crippen molar-refractivity contribution in [3.63, 3.8) is 0 Å². The fourth-order valence-corrected chi connectivity index (χ4v) is 2.76. The third kappa shape index (κ3) is 2.63. The highest BCUT2D eigenvalue weighted by molar-refractivity contribution is 4.93. The summed E-state index contributed by atoms with van der Waals surface area (Å²) in [7, 11) is 0. The normalized spacial score (nSPS) is 36.0. The Morgan fingerprint density at radius 1 is 1.12 bits per heavy atom. The van der Waals surface area contributed by atoms with Crippen LogP contribution in [0.4, 0.5) is 0 Å². The number of aliphatic hydroxyl groups excluding tert-OH is 3. The summed E-state index contributed by atoms with van der Waals surface area (Å²) in [6, 6.07) is 0. The van der Waals surface area contributed by atoms with E-state index in [1.54, 1.807) is 6.92 Å². The molecular weight excluding hydrogens is 224 g/mol. The van der Waals surface area contributed by atoms with Gasteiger partial charge in [-0.05, 0) is 19.8 Å². The first-order chi connectivity index (χ1) is 8.08. The van der Waals surface area contributed by atoms with Crippen LogP contribution in [-0.4, -0.2) is 52.1 Å². The van der Waals surface area contributed by atoms with E-state index in [9.17, 15) is 10.2 Å². The summed E-state index contributed by atoms with van der Waals surface area (Å²) >= 11 is 0. The molecule has 17 heavy (non-hydrogen) atoms. The zero-order valence-electron chi connectivity index (χ0n) is 10.2. The lowest BCUT2D eigenvalue weighted by molar-refractivity contribution is -0.205. The van der Waals surface area contributed by atoms with E-state index < -0.39 is 30.2 Å². The topological polar surface area (TPSA) is 79.2 Å². The lowest BCUT2D eigenvalue weighted by atomic mass is 9.94. The van der Waals surface area contributed by atoms with Crippen LogP contribution in [0.5, 0.6) is 0 Å². The molecule has 0 radical (unpaired) electrons. The van der Waals surface area contributed by atoms with Gasteiger partial charge in [0, 0.05) is 12.8 Å². The molecule has 1 heterocycles. The van der Waals surface area contributed by atoms with E-state index in [0.29, 0.717) is 0 Å². The van der Waals surface area contributed by atoms with Gasteiger partial charge in [0.25, 0.3) is 0 Å². The van der Waals surface area contributed by atoms with Crippen molar-refractivity contribution in [1.29, 1.82) is 0 Å². The molecule has 1 spiro atoms. The zero-order valence-corrected chi connectivity index (χ0v) is 10.2. The van der Waals surface area contributed by atoms with Gasteiger partial charge < -0.3 is 24.8 Å². The molecule has 1 aliphatic carbocycles. The molecule has 2 fully saturated rings. The molecule has 2 rings (SSSR count). The Morgan fingerprint density at radius 3 is 2.24 bits per heavy atom. The minimum Gasteiger partial charge on any atom is -0.394 e. The van der Waals surface area contributed by atoms with Crippen molar-refractivity contribution in [2.75, 3.05) is 6.61 Å². The largest absolute Gasteiger partial charge is 0.394 e. The van der Waals surface area contributed by atoms with Gasteiger partial charge in [0.15, 0.2) is 5.79 Å². The Labute approximate surface area is 101 Å². The highest BCUT2D eigenvalue weighted by Gasteiger charge is 2.51. The lowest BCUT2D eigenvalue weighted by Gasteiger charge is -2.32. The van der Waals surface area contributed by atoms with Crippen molar-refractivity contribution >= 4 is 0 Å². The lowest BCUT2D eigenvalue weighted by Crippen LogP contribution is -2.42. The van der Waals surface area contributed by atoms with Crippen LogP contribution in [0.15, 0.2) is 0 Å². The molecule has 3 N–H and O–H groups in total. The van der Waals surface area contributed by atoms with Gasteiger partial charge in [-0.2, -0.15) is 0 Å². The van der Waals surface area contributed by atoms with Crippen molar-refractivity contribution < 1.29 is 24.8 Å². The number of hydrogen-bond donors (Lipinski definition) is 3. The molecule has 0 bridgehead atoms. The first kappa shape index (κ1) is 13.2. The van der Waals surface area contributed by atoms with Crippen LogP contribution in [-0.2, 0) is 9.47 Å². The zero-order chi connectivity index (χ0) is 12.5. The average Bonchev–Trinajstić information content (AvgIpc) is 2.69. The summed E-state index contributed by atoms with van der Waals surface area (Å²) < 4.78 is 11.7. The second-order valence-electron chi connectivity index (χ2n) is 5.13. The van der Waals surface area contributed by atoms with Gasteiger partial charge in [-0.25, -0.2) is 0 Å². The number of ether oxygens (including phenoxy) is 2. The van der Waals surface area contributed by atoms with Gasteiger partial charge >= 0.3 is 0 Å². The smallest absolute Gasteiger partial charge is 0.169 e. The molecule has 0 amide bonds. The molecule has 0 aromatic rings. The van der Waals surface area contributed by atoms with Crippen molar-refractivity contribution in [1.82, 2.24) is 0 Å². The second kappa shape index (κ2) is 5.20. The monoisotopic (exact) mass is 246 g/mol. The van der Waals surface area contributed by atoms with Crippen molar-refractivity contribution in [3.8, 4) is 0 Å². The molecule has 5 heteroatoms. The number of hydrogen-bond acceptors (Lipinski definition) is 5. The van der Waals surface area contributed by atoms with Crippen LogP contribution in [0, 0.1) is 0 Å². The Bertz CT molecular complexity index is 249. The molecule has 0 aromatic carbocycles. The minimum absolute atomic E-state index is 0.382. The Morgan fingerprint density at radius 2 is 1.71 bits per heavy atom. The number of rotatable bonds is 3. The molecule has 5 nitrogen and oxygen atoms in total. The first-order valence-corrected chi connectivity index (χ1v) is 6.40. The molecule has 1 saturated heterocycles. The van der Waals surface area contributed by atoms with E-state index in [4.69, 9.17) is 14.6 Å². The number of aliphatic hydroxyl groups is 3. The molecule has 2 aliphatic rings. The quantitative estimate of drug-likeness (QED) is 0.661. The Kier molecular flexibility index (Phi) is 4.05. The van der Waals surface area contributed by atoms with E-state index in [1.807, 2.05) is 0 Å². The van der Waals surface area contributed by atoms with Crippen LogP contribution < -0.4 is 0 Å². The standard InChI is InChI=1S/C12H22O5/c1-8(14)10-11(9(15)7-13)17-12(16-10)5-3-2-4-6-12/h8-11,13-15H,2-7H2,1H3/t8-,9+,10-,11+/m0/s1. The second-order valence-corrected chi connectivity index (χ2v) is 5.13. The van der Waals surface area contributed by atoms with Gasteiger partial charge in [-0.3, -0.25) is 0 Å². The fourth-order valence-electron chi connectivity index (χ4n) is 2.76. The third-order valence-corrected chi connectivity index (χ3v) is 3.68. The van der Waals surface area contributed by atoms with Crippen LogP contribution in [0.25, 0.3) is 0 Å². The van der Waals surface area contributed by atoms with Crippen molar-refractivity contribution in [2.45, 2.75) is 69.2 Å². The molecule has 100 valence electrons. The SMILES string of the molecule is C[C@H](O)[C@@H]1OC2(CCCCC2)O[C@@H]1[C@H](O)CO. The van der Waals surface area contributed by atoms with Gasteiger partial charge in [0.1, 0.15) is 18.3 Å². The summed E-state index contributed by atoms with van der Waals surface area (Å²) in [5, 5.41) is 28.4. The molecule has 0 unspecified atom stereocenters. The van der Waals surface area contributed by atoms with Crippen molar-refractivity contribution in [3.05, 3.63) is 0 Å². The minimum atomic E-state index is -1.00. The summed E-state index contributed by atoms with van der Waals surface area (Å²) in [6.07, 6.45) is 1.91. The van der Waals surface area contributed by atoms with E-state index in [-0.39, 0.29) is 6.61 Å². The predicted octanol–water partition coefficient (Wildman–Crippen LogP) is 0.165. The maximum Gasteiger partial charge on any atom is 0.169 e. The summed E-state index contributed by atoms with van der Waals surface area (Å²) in [5.74, 6) is -0.652. The molecule has 4 atom stereocenters. The van der Waals surface area contributed by atoms with Gasteiger partial charge in [-0.1, -0.05) is 6.42 Å². The van der Waals surface area contributed by atoms with Crippen LogP contribution in [0.3, 0.4) is 0 Å². The van der Waals surface area contributed by atoms with Gasteiger partial charge in [0.05, 0.1) is 12.7 Å². The fraction of sp³-hybridized carbons (Fsp3) is 1.00. The highest BCUT2D eigenvalue weighted by atomic mass is 16.8. The van der Waals surface area contributed by atoms with Crippen LogP contribution in [0.1, 0.15) is 39.0 Å². The van der Waals surface area contributed by atoms with E-state index in [0.717, 1.165) is 25.7 Å². The maximum atomic E-state index is 9.72. The highest BCUT2D eigenvalue weighted by Crippen LogP contribution is 2.42. The Hall–Kier alpha value is -0.200. The maximum absolute atomic E-state index is 9.72. The first-order valence-electron chi connectivity index (χ1n) is 6.40. The van der Waals surface area contributed by atoms with E-state index >= 15 is 0 Å². The molecule has 1 aliphatic heterocycles. The van der Waals surface area contributed by atoms with E-state index in [2.05, 4.69) is 0 Å². The van der Waals surface area contributed by atoms with E-state index in [1.165, 1.54) is 6.42 Å². The van der Waals surface area contributed by atoms with Crippen molar-refractivity contribution in [2.24, 2.45) is 0 Å². The van der Waals surface area contributed by atoms with Gasteiger partial charge in [0.2, 0.25) is 0 Å².